The maximum absolute atomic E-state index is 13.9. The minimum atomic E-state index is -0.433. The zero-order valence-electron chi connectivity index (χ0n) is 23.7. The summed E-state index contributed by atoms with van der Waals surface area (Å²) in [5, 5.41) is 31.1. The van der Waals surface area contributed by atoms with Gasteiger partial charge >= 0.3 is 0 Å². The van der Waals surface area contributed by atoms with Crippen molar-refractivity contribution < 1.29 is 29.2 Å². The van der Waals surface area contributed by atoms with E-state index in [1.165, 1.54) is 26.4 Å². The van der Waals surface area contributed by atoms with Gasteiger partial charge in [0.1, 0.15) is 34.5 Å². The van der Waals surface area contributed by atoms with Gasteiger partial charge in [-0.3, -0.25) is 9.59 Å². The summed E-state index contributed by atoms with van der Waals surface area (Å²) in [6.45, 7) is 3.93. The van der Waals surface area contributed by atoms with Gasteiger partial charge in [0.25, 0.3) is 0 Å². The van der Waals surface area contributed by atoms with Gasteiger partial charge in [-0.15, -0.1) is 0 Å². The van der Waals surface area contributed by atoms with Crippen LogP contribution in [0.4, 0.5) is 0 Å². The molecule has 0 amide bonds. The highest BCUT2D eigenvalue weighted by atomic mass is 16.5. The summed E-state index contributed by atoms with van der Waals surface area (Å²) in [4.78, 5) is 27.8. The van der Waals surface area contributed by atoms with Crippen molar-refractivity contribution >= 4 is 75.4 Å². The van der Waals surface area contributed by atoms with Gasteiger partial charge in [0.2, 0.25) is 0 Å². The Kier molecular flexibility index (Phi) is 4.52. The Morgan fingerprint density at radius 2 is 0.667 bits per heavy atom. The number of ether oxygens (including phenoxy) is 4. The van der Waals surface area contributed by atoms with Crippen LogP contribution in [0.5, 0.6) is 34.5 Å². The number of phenolic OH excluding ortho intramolecular Hbond substituents is 2. The average Bonchev–Trinajstić information content (AvgIpc) is 2.98. The second-order valence-corrected chi connectivity index (χ2v) is 10.9. The summed E-state index contributed by atoms with van der Waals surface area (Å²) in [5.41, 5.74) is 0.887. The van der Waals surface area contributed by atoms with E-state index in [0.717, 1.165) is 21.9 Å². The quantitative estimate of drug-likeness (QED) is 0.191. The molecule has 0 aromatic heterocycles. The van der Waals surface area contributed by atoms with E-state index in [-0.39, 0.29) is 33.8 Å². The molecule has 0 aliphatic carbocycles. The predicted octanol–water partition coefficient (Wildman–Crippen LogP) is 6.29. The second kappa shape index (κ2) is 7.73. The highest BCUT2D eigenvalue weighted by Gasteiger charge is 2.33. The van der Waals surface area contributed by atoms with Gasteiger partial charge in [-0.25, -0.2) is 0 Å². The standard InChI is InChI=1S/C34H24O8/c1-11-7-15(39-3)23-27-19(11)20-12(2)8-16(40-4)24-28(20)32-30-22(14(36)10-18(42-6)26(30)34(24)38)21-13(35)9-17(41-5)25(33(23)37)29(21)31(27)32/h7-10,37-38H,1-6H3. The first-order valence-electron chi connectivity index (χ1n) is 13.4. The molecule has 8 rings (SSSR count). The molecule has 2 N–H and O–H groups in total. The van der Waals surface area contributed by atoms with E-state index in [1.54, 1.807) is 14.2 Å². The SMILES string of the molecule is COc1cc(C)c2c3c(C)cc(OC)c4c(O)c5c(OC)cc(=O)c6c7c(=O)cc(OC)c8c(O)c1c2c(c87)c(c43)c56. The minimum Gasteiger partial charge on any atom is -0.506 e. The summed E-state index contributed by atoms with van der Waals surface area (Å²) in [6.07, 6.45) is 0. The molecule has 0 spiro atoms. The Morgan fingerprint density at radius 3 is 0.976 bits per heavy atom. The van der Waals surface area contributed by atoms with E-state index in [4.69, 9.17) is 18.9 Å². The molecule has 0 radical (unpaired) electrons. The van der Waals surface area contributed by atoms with Gasteiger partial charge in [-0.05, 0) is 47.9 Å². The number of benzene rings is 8. The van der Waals surface area contributed by atoms with E-state index in [2.05, 4.69) is 0 Å². The van der Waals surface area contributed by atoms with Crippen LogP contribution < -0.4 is 29.8 Å². The maximum Gasteiger partial charge on any atom is 0.190 e. The van der Waals surface area contributed by atoms with Crippen LogP contribution in [-0.2, 0) is 0 Å². The summed E-state index contributed by atoms with van der Waals surface area (Å²) in [7, 11) is 5.96. The fourth-order valence-electron chi connectivity index (χ4n) is 7.57. The number of rotatable bonds is 4. The predicted molar refractivity (Wildman–Crippen MR) is 165 cm³/mol. The molecule has 0 fully saturated rings. The molecule has 8 aromatic carbocycles. The first-order valence-corrected chi connectivity index (χ1v) is 13.4. The van der Waals surface area contributed by atoms with Crippen LogP contribution in [0.25, 0.3) is 75.4 Å². The third kappa shape index (κ3) is 2.47. The van der Waals surface area contributed by atoms with Gasteiger partial charge in [-0.2, -0.15) is 0 Å². The first kappa shape index (κ1) is 24.5. The van der Waals surface area contributed by atoms with Gasteiger partial charge in [0.15, 0.2) is 10.9 Å². The molecule has 208 valence electrons. The topological polar surface area (TPSA) is 112 Å². The van der Waals surface area contributed by atoms with Crippen LogP contribution in [0, 0.1) is 13.8 Å². The first-order chi connectivity index (χ1) is 20.2. The summed E-state index contributed by atoms with van der Waals surface area (Å²) in [5.74, 6) is 1.07. The number of phenols is 2. The minimum absolute atomic E-state index is 0.106. The molecule has 42 heavy (non-hydrogen) atoms. The van der Waals surface area contributed by atoms with Gasteiger partial charge < -0.3 is 29.2 Å². The number of aromatic hydroxyl groups is 2. The van der Waals surface area contributed by atoms with Crippen molar-refractivity contribution in [3.63, 3.8) is 0 Å². The van der Waals surface area contributed by atoms with Gasteiger partial charge in [-0.1, -0.05) is 0 Å². The molecule has 0 aliphatic heterocycles. The number of hydrogen-bond donors (Lipinski definition) is 2. The molecule has 0 aliphatic rings. The molecule has 0 heterocycles. The zero-order valence-corrected chi connectivity index (χ0v) is 23.7. The number of fused-ring (bicyclic) bond motifs is 2. The Bertz CT molecular complexity index is 2400. The van der Waals surface area contributed by atoms with E-state index in [1.807, 2.05) is 26.0 Å². The van der Waals surface area contributed by atoms with Crippen LogP contribution >= 0.6 is 0 Å². The molecule has 0 bridgehead atoms. The molecule has 0 unspecified atom stereocenters. The largest absolute Gasteiger partial charge is 0.506 e. The van der Waals surface area contributed by atoms with Crippen molar-refractivity contribution in [1.29, 1.82) is 0 Å². The lowest BCUT2D eigenvalue weighted by Crippen LogP contribution is -2.11. The Hall–Kier alpha value is -5.24. The Labute approximate surface area is 237 Å². The normalized spacial score (nSPS) is 12.4. The van der Waals surface area contributed by atoms with Crippen molar-refractivity contribution in [3.05, 3.63) is 55.8 Å². The Morgan fingerprint density at radius 1 is 0.405 bits per heavy atom. The van der Waals surface area contributed by atoms with Gasteiger partial charge in [0.05, 0.1) is 50.0 Å². The number of hydrogen-bond acceptors (Lipinski definition) is 8. The third-order valence-electron chi connectivity index (χ3n) is 9.06. The smallest absolute Gasteiger partial charge is 0.190 e. The molecular formula is C34H24O8. The van der Waals surface area contributed by atoms with Crippen LogP contribution in [0.2, 0.25) is 0 Å². The lowest BCUT2D eigenvalue weighted by molar-refractivity contribution is 0.412. The van der Waals surface area contributed by atoms with Crippen molar-refractivity contribution in [3.8, 4) is 34.5 Å². The molecule has 0 atom stereocenters. The summed E-state index contributed by atoms with van der Waals surface area (Å²) in [6, 6.07) is 6.33. The number of aryl methyl sites for hydroxylation is 2. The van der Waals surface area contributed by atoms with Crippen molar-refractivity contribution in [2.75, 3.05) is 28.4 Å². The highest BCUT2D eigenvalue weighted by molar-refractivity contribution is 6.51. The van der Waals surface area contributed by atoms with E-state index in [9.17, 15) is 19.8 Å². The monoisotopic (exact) mass is 560 g/mol. The third-order valence-corrected chi connectivity index (χ3v) is 9.06. The van der Waals surface area contributed by atoms with Crippen molar-refractivity contribution in [2.24, 2.45) is 0 Å². The molecule has 8 nitrogen and oxygen atoms in total. The molecular weight excluding hydrogens is 536 g/mol. The fourth-order valence-corrected chi connectivity index (χ4v) is 7.57. The lowest BCUT2D eigenvalue weighted by atomic mass is 9.77. The Balaban J connectivity index is 1.99. The van der Waals surface area contributed by atoms with E-state index < -0.39 is 10.9 Å². The molecule has 0 saturated heterocycles. The van der Waals surface area contributed by atoms with E-state index >= 15 is 0 Å². The van der Waals surface area contributed by atoms with Crippen molar-refractivity contribution in [1.82, 2.24) is 0 Å². The van der Waals surface area contributed by atoms with Crippen LogP contribution in [0.1, 0.15) is 11.1 Å². The summed E-state index contributed by atoms with van der Waals surface area (Å²) >= 11 is 0. The van der Waals surface area contributed by atoms with Crippen LogP contribution in [-0.4, -0.2) is 38.7 Å². The average molecular weight is 561 g/mol. The lowest BCUT2D eigenvalue weighted by Gasteiger charge is -2.27. The maximum atomic E-state index is 13.9. The van der Waals surface area contributed by atoms with E-state index in [0.29, 0.717) is 65.4 Å². The van der Waals surface area contributed by atoms with Crippen LogP contribution in [0.3, 0.4) is 0 Å². The fraction of sp³-hybridized carbons (Fsp3) is 0.176. The molecule has 0 saturated carbocycles. The molecule has 8 heteroatoms. The molecule has 8 aromatic rings. The number of methoxy groups -OCH3 is 4. The highest BCUT2D eigenvalue weighted by Crippen LogP contribution is 2.59. The second-order valence-electron chi connectivity index (χ2n) is 10.9. The zero-order chi connectivity index (χ0) is 29.5. The summed E-state index contributed by atoms with van der Waals surface area (Å²) < 4.78 is 23.0. The van der Waals surface area contributed by atoms with Crippen molar-refractivity contribution in [2.45, 2.75) is 13.8 Å². The van der Waals surface area contributed by atoms with Gasteiger partial charge in [0, 0.05) is 55.2 Å². The van der Waals surface area contributed by atoms with Crippen LogP contribution in [0.15, 0.2) is 33.9 Å².